The van der Waals surface area contributed by atoms with Gasteiger partial charge in [0.1, 0.15) is 0 Å². The molecule has 1 N–H and O–H groups in total. The van der Waals surface area contributed by atoms with Crippen molar-refractivity contribution in [3.05, 3.63) is 0 Å². The number of hydrogen-bond acceptors (Lipinski definition) is 2. The first-order chi connectivity index (χ1) is 3.18. The van der Waals surface area contributed by atoms with Gasteiger partial charge in [-0.2, -0.15) is 0 Å². The Morgan fingerprint density at radius 2 is 2.29 bits per heavy atom. The third-order valence-electron chi connectivity index (χ3n) is 0.430. The molecular formula is C3H7NO2S. The molecule has 0 heterocycles. The van der Waals surface area contributed by atoms with Gasteiger partial charge in [-0.25, -0.2) is 4.36 Å². The fourth-order valence-corrected chi connectivity index (χ4v) is 0.386. The van der Waals surface area contributed by atoms with E-state index < -0.39 is 11.0 Å². The van der Waals surface area contributed by atoms with E-state index in [1.807, 2.05) is 0 Å². The summed E-state index contributed by atoms with van der Waals surface area (Å²) in [5.41, 5.74) is 0. The van der Waals surface area contributed by atoms with Crippen molar-refractivity contribution in [1.82, 2.24) is 0 Å². The first kappa shape index (κ1) is 6.78. The summed E-state index contributed by atoms with van der Waals surface area (Å²) in [6.07, 6.45) is 0. The van der Waals surface area contributed by atoms with E-state index in [1.165, 1.54) is 14.0 Å². The summed E-state index contributed by atoms with van der Waals surface area (Å²) < 4.78 is 11.8. The summed E-state index contributed by atoms with van der Waals surface area (Å²) in [6.45, 7) is 1.30. The Balaban J connectivity index is 3.82. The van der Waals surface area contributed by atoms with Gasteiger partial charge in [0.05, 0.1) is 11.0 Å². The maximum Gasteiger partial charge on any atom is 0.221 e. The molecular weight excluding hydrogens is 114 g/mol. The van der Waals surface area contributed by atoms with E-state index in [0.29, 0.717) is 0 Å². The highest BCUT2D eigenvalue weighted by molar-refractivity contribution is 7.97. The molecule has 0 aromatic carbocycles. The normalized spacial score (nSPS) is 14.1. The average Bonchev–Trinajstić information content (AvgIpc) is 1.65. The third kappa shape index (κ3) is 2.47. The van der Waals surface area contributed by atoms with Crippen LogP contribution in [0.4, 0.5) is 0 Å². The third-order valence-corrected chi connectivity index (χ3v) is 1.29. The fourth-order valence-electron chi connectivity index (χ4n) is 0.129. The van der Waals surface area contributed by atoms with E-state index >= 15 is 0 Å². The van der Waals surface area contributed by atoms with Gasteiger partial charge >= 0.3 is 0 Å². The summed E-state index contributed by atoms with van der Waals surface area (Å²) in [7, 11) is 0.0647. The Labute approximate surface area is 44.7 Å². The Bertz CT molecular complexity index is 110. The molecule has 0 saturated heterocycles. The topological polar surface area (TPSA) is 49.7 Å². The Morgan fingerprint density at radius 3 is 2.29 bits per heavy atom. The second kappa shape index (κ2) is 2.87. The zero-order chi connectivity index (χ0) is 5.86. The lowest BCUT2D eigenvalue weighted by molar-refractivity contribution is -0.109. The zero-order valence-electron chi connectivity index (χ0n) is 4.21. The average molecular weight is 121 g/mol. The molecule has 0 aliphatic heterocycles. The lowest BCUT2D eigenvalue weighted by atomic mass is 10.9. The highest BCUT2D eigenvalue weighted by Gasteiger charge is 1.92. The van der Waals surface area contributed by atoms with E-state index in [0.717, 1.165) is 0 Å². The van der Waals surface area contributed by atoms with Crippen molar-refractivity contribution in [2.75, 3.05) is 7.05 Å². The van der Waals surface area contributed by atoms with E-state index in [4.69, 9.17) is 4.55 Å². The first-order valence-electron chi connectivity index (χ1n) is 1.72. The zero-order valence-corrected chi connectivity index (χ0v) is 5.03. The molecule has 0 aromatic rings. The Morgan fingerprint density at radius 1 is 1.86 bits per heavy atom. The lowest BCUT2D eigenvalue weighted by Gasteiger charge is -1.85. The molecule has 42 valence electrons. The minimum atomic E-state index is -1.34. The molecule has 4 heteroatoms. The Hall–Kier alpha value is -0.220. The summed E-state index contributed by atoms with van der Waals surface area (Å²) in [5.74, 6) is 0. The fraction of sp³-hybridized carbons (Fsp3) is 0.667. The van der Waals surface area contributed by atoms with Crippen LogP contribution in [0.5, 0.6) is 0 Å². The molecule has 0 aliphatic rings. The maximum absolute atomic E-state index is 10.0. The molecule has 0 bridgehead atoms. The van der Waals surface area contributed by atoms with Gasteiger partial charge in [-0.1, -0.05) is 0 Å². The van der Waals surface area contributed by atoms with Gasteiger partial charge in [-0.3, -0.25) is 4.79 Å². The summed E-state index contributed by atoms with van der Waals surface area (Å²) in [6, 6.07) is 0. The standard InChI is InChI=1S/C3H7NO2S/c1-3(5)7(6)4-2/h1-2H3,(H,4,6). The summed E-state index contributed by atoms with van der Waals surface area (Å²) in [4.78, 5) is 10.0. The molecule has 0 aromatic heterocycles. The van der Waals surface area contributed by atoms with Gasteiger partial charge in [-0.15, -0.1) is 0 Å². The van der Waals surface area contributed by atoms with Crippen LogP contribution in [0.15, 0.2) is 4.36 Å². The predicted molar refractivity (Wildman–Crippen MR) is 29.0 cm³/mol. The van der Waals surface area contributed by atoms with Crippen LogP contribution < -0.4 is 0 Å². The second-order valence-corrected chi connectivity index (χ2v) is 2.41. The van der Waals surface area contributed by atoms with Crippen molar-refractivity contribution in [3.63, 3.8) is 0 Å². The van der Waals surface area contributed by atoms with Crippen LogP contribution in [-0.2, 0) is 15.8 Å². The van der Waals surface area contributed by atoms with Gasteiger partial charge in [0, 0.05) is 14.0 Å². The van der Waals surface area contributed by atoms with Crippen LogP contribution >= 0.6 is 0 Å². The predicted octanol–water partition coefficient (Wildman–Crippen LogP) is 0.438. The molecule has 1 atom stereocenters. The van der Waals surface area contributed by atoms with Gasteiger partial charge in [0.2, 0.25) is 5.12 Å². The molecule has 3 nitrogen and oxygen atoms in total. The summed E-state index contributed by atoms with van der Waals surface area (Å²) in [5, 5.41) is -0.289. The molecule has 0 saturated carbocycles. The number of carbonyl (C=O) groups excluding carboxylic acids is 1. The molecule has 0 aliphatic carbocycles. The molecule has 0 spiro atoms. The van der Waals surface area contributed by atoms with Gasteiger partial charge in [0.25, 0.3) is 0 Å². The molecule has 1 unspecified atom stereocenters. The van der Waals surface area contributed by atoms with Crippen LogP contribution in [0.25, 0.3) is 0 Å². The number of rotatable bonds is 0. The van der Waals surface area contributed by atoms with E-state index in [1.54, 1.807) is 0 Å². The first-order valence-corrected chi connectivity index (χ1v) is 2.86. The molecule has 0 radical (unpaired) electrons. The van der Waals surface area contributed by atoms with E-state index in [9.17, 15) is 4.79 Å². The van der Waals surface area contributed by atoms with Crippen molar-refractivity contribution in [1.29, 1.82) is 0 Å². The quantitative estimate of drug-likeness (QED) is 0.505. The van der Waals surface area contributed by atoms with Gasteiger partial charge in [0.15, 0.2) is 0 Å². The van der Waals surface area contributed by atoms with Crippen molar-refractivity contribution in [2.45, 2.75) is 6.92 Å². The monoisotopic (exact) mass is 121 g/mol. The van der Waals surface area contributed by atoms with Crippen LogP contribution in [0.3, 0.4) is 0 Å². The number of nitrogens with zero attached hydrogens (tertiary/aromatic N) is 1. The molecule has 0 rings (SSSR count). The van der Waals surface area contributed by atoms with Crippen LogP contribution in [0, 0.1) is 0 Å². The molecule has 0 amide bonds. The SMILES string of the molecule is C/N=S(\O)C(C)=O. The van der Waals surface area contributed by atoms with Crippen LogP contribution in [0.1, 0.15) is 6.92 Å². The minimum Gasteiger partial charge on any atom is -0.316 e. The van der Waals surface area contributed by atoms with E-state index in [2.05, 4.69) is 4.36 Å². The number of hydrogen-bond donors (Lipinski definition) is 1. The smallest absolute Gasteiger partial charge is 0.221 e. The van der Waals surface area contributed by atoms with Crippen molar-refractivity contribution in [3.8, 4) is 0 Å². The highest BCUT2D eigenvalue weighted by Crippen LogP contribution is 1.78. The number of carbonyl (C=O) groups is 1. The van der Waals surface area contributed by atoms with Gasteiger partial charge < -0.3 is 4.55 Å². The Kier molecular flexibility index (Phi) is 2.78. The van der Waals surface area contributed by atoms with Crippen molar-refractivity contribution in [2.24, 2.45) is 4.36 Å². The largest absolute Gasteiger partial charge is 0.316 e. The summed E-state index contributed by atoms with van der Waals surface area (Å²) >= 11 is 0. The van der Waals surface area contributed by atoms with Crippen LogP contribution in [-0.4, -0.2) is 16.7 Å². The van der Waals surface area contributed by atoms with E-state index in [-0.39, 0.29) is 5.12 Å². The molecule has 0 fully saturated rings. The van der Waals surface area contributed by atoms with Crippen molar-refractivity contribution >= 4 is 16.1 Å². The highest BCUT2D eigenvalue weighted by atomic mass is 32.2. The van der Waals surface area contributed by atoms with Crippen molar-refractivity contribution < 1.29 is 9.35 Å². The molecule has 7 heavy (non-hydrogen) atoms. The maximum atomic E-state index is 10.0. The lowest BCUT2D eigenvalue weighted by Crippen LogP contribution is -1.97. The van der Waals surface area contributed by atoms with Gasteiger partial charge in [-0.05, 0) is 0 Å². The second-order valence-electron chi connectivity index (χ2n) is 0.938. The van der Waals surface area contributed by atoms with Crippen LogP contribution in [0.2, 0.25) is 0 Å². The minimum absolute atomic E-state index is 0.289.